The van der Waals surface area contributed by atoms with Crippen LogP contribution in [0.5, 0.6) is 0 Å². The molecule has 0 amide bonds. The van der Waals surface area contributed by atoms with Crippen molar-refractivity contribution in [2.24, 2.45) is 0 Å². The van der Waals surface area contributed by atoms with Gasteiger partial charge in [-0.1, -0.05) is 0 Å². The number of H-pyrrole nitrogens is 1. The highest BCUT2D eigenvalue weighted by molar-refractivity contribution is 5.68. The Labute approximate surface area is 120 Å². The molecule has 0 atom stereocenters. The van der Waals surface area contributed by atoms with Gasteiger partial charge in [0.05, 0.1) is 25.0 Å². The monoisotopic (exact) mass is 294 g/mol. The van der Waals surface area contributed by atoms with Gasteiger partial charge >= 0.3 is 5.69 Å². The van der Waals surface area contributed by atoms with Crippen molar-refractivity contribution >= 4 is 17.2 Å². The zero-order valence-electron chi connectivity index (χ0n) is 11.9. The summed E-state index contributed by atoms with van der Waals surface area (Å²) in [5.41, 5.74) is 5.50. The zero-order chi connectivity index (χ0) is 15.4. The summed E-state index contributed by atoms with van der Waals surface area (Å²) in [4.78, 5) is 25.7. The summed E-state index contributed by atoms with van der Waals surface area (Å²) in [5, 5.41) is 7.01. The van der Waals surface area contributed by atoms with Gasteiger partial charge in [0.2, 0.25) is 0 Å². The molecule has 0 aromatic carbocycles. The third-order valence-electron chi connectivity index (χ3n) is 2.98. The predicted octanol–water partition coefficient (Wildman–Crippen LogP) is -0.275. The molecule has 0 fully saturated rings. The highest BCUT2D eigenvalue weighted by Crippen LogP contribution is 2.16. The summed E-state index contributed by atoms with van der Waals surface area (Å²) < 4.78 is 7.91. The van der Waals surface area contributed by atoms with Gasteiger partial charge < -0.3 is 15.8 Å². The van der Waals surface area contributed by atoms with Crippen molar-refractivity contribution in [2.75, 3.05) is 24.8 Å². The summed E-state index contributed by atoms with van der Waals surface area (Å²) in [7, 11) is 1.61. The quantitative estimate of drug-likeness (QED) is 0.674. The molecule has 0 aliphatic carbocycles. The van der Waals surface area contributed by atoms with E-state index in [-0.39, 0.29) is 11.5 Å². The van der Waals surface area contributed by atoms with Gasteiger partial charge in [-0.25, -0.2) is 4.79 Å². The summed E-state index contributed by atoms with van der Waals surface area (Å²) in [6, 6.07) is 0. The molecule has 2 rings (SSSR count). The maximum absolute atomic E-state index is 11.9. The van der Waals surface area contributed by atoms with E-state index in [0.717, 1.165) is 0 Å². The number of nitrogens with zero attached hydrogens (tertiary/aromatic N) is 3. The number of nitrogen functional groups attached to an aromatic ring is 1. The van der Waals surface area contributed by atoms with E-state index in [1.54, 1.807) is 31.1 Å². The number of ether oxygens (including phenoxy) is 1. The van der Waals surface area contributed by atoms with E-state index in [9.17, 15) is 9.59 Å². The second-order valence-corrected chi connectivity index (χ2v) is 4.37. The molecule has 21 heavy (non-hydrogen) atoms. The Bertz CT molecular complexity index is 729. The van der Waals surface area contributed by atoms with Crippen molar-refractivity contribution in [1.82, 2.24) is 19.3 Å². The highest BCUT2D eigenvalue weighted by Gasteiger charge is 2.12. The second-order valence-electron chi connectivity index (χ2n) is 4.37. The third kappa shape index (κ3) is 3.14. The Hall–Kier alpha value is -2.55. The van der Waals surface area contributed by atoms with Crippen molar-refractivity contribution in [3.63, 3.8) is 0 Å². The molecular formula is C12H18N6O3. The lowest BCUT2D eigenvalue weighted by Gasteiger charge is -2.11. The lowest BCUT2D eigenvalue weighted by molar-refractivity contribution is 0.183. The average Bonchev–Trinajstić information content (AvgIpc) is 2.89. The number of hydrogen-bond donors (Lipinski definition) is 3. The smallest absolute Gasteiger partial charge is 0.330 e. The van der Waals surface area contributed by atoms with Gasteiger partial charge in [-0.15, -0.1) is 0 Å². The second kappa shape index (κ2) is 6.27. The van der Waals surface area contributed by atoms with Crippen molar-refractivity contribution in [1.29, 1.82) is 0 Å². The molecule has 0 radical (unpaired) electrons. The van der Waals surface area contributed by atoms with Crippen LogP contribution in [0.3, 0.4) is 0 Å². The number of nitrogens with one attached hydrogen (secondary N) is 2. The van der Waals surface area contributed by atoms with Gasteiger partial charge in [-0.2, -0.15) is 5.10 Å². The average molecular weight is 294 g/mol. The fourth-order valence-electron chi connectivity index (χ4n) is 1.90. The van der Waals surface area contributed by atoms with Crippen molar-refractivity contribution < 1.29 is 4.74 Å². The summed E-state index contributed by atoms with van der Waals surface area (Å²) in [6.07, 6.45) is 3.29. The minimum Gasteiger partial charge on any atom is -0.383 e. The van der Waals surface area contributed by atoms with E-state index in [4.69, 9.17) is 10.5 Å². The SMILES string of the molecule is CCn1c(N)c(Nc2cnn(CCOC)c2)c(=O)[nH]c1=O. The molecule has 4 N–H and O–H groups in total. The molecule has 0 bridgehead atoms. The van der Waals surface area contributed by atoms with Crippen LogP contribution in [0, 0.1) is 0 Å². The number of rotatable bonds is 6. The first-order valence-electron chi connectivity index (χ1n) is 6.47. The standard InChI is InChI=1S/C12H18N6O3/c1-3-18-10(13)9(11(19)16-12(18)20)15-8-6-14-17(7-8)4-5-21-2/h6-7,15H,3-5,13H2,1-2H3,(H,16,19,20). The molecule has 0 unspecified atom stereocenters. The van der Waals surface area contributed by atoms with Gasteiger partial charge in [-0.05, 0) is 6.92 Å². The predicted molar refractivity (Wildman–Crippen MR) is 78.8 cm³/mol. The molecule has 114 valence electrons. The number of hydrogen-bond acceptors (Lipinski definition) is 6. The van der Waals surface area contributed by atoms with Crippen LogP contribution in [0.2, 0.25) is 0 Å². The first-order valence-corrected chi connectivity index (χ1v) is 6.47. The molecule has 0 spiro atoms. The van der Waals surface area contributed by atoms with Crippen LogP contribution in [0.1, 0.15) is 6.92 Å². The number of nitrogens with two attached hydrogens (primary N) is 1. The normalized spacial score (nSPS) is 10.8. The van der Waals surface area contributed by atoms with Crippen LogP contribution in [0.15, 0.2) is 22.0 Å². The number of aromatic nitrogens is 4. The molecule has 2 aromatic heterocycles. The minimum absolute atomic E-state index is 0.0934. The fourth-order valence-corrected chi connectivity index (χ4v) is 1.90. The van der Waals surface area contributed by atoms with Gasteiger partial charge in [0.1, 0.15) is 11.5 Å². The van der Waals surface area contributed by atoms with E-state index in [2.05, 4.69) is 15.4 Å². The molecule has 0 saturated heterocycles. The molecular weight excluding hydrogens is 276 g/mol. The van der Waals surface area contributed by atoms with Crippen LogP contribution in [0.4, 0.5) is 17.2 Å². The van der Waals surface area contributed by atoms with Crippen LogP contribution >= 0.6 is 0 Å². The topological polar surface area (TPSA) is 120 Å². The van der Waals surface area contributed by atoms with E-state index < -0.39 is 11.2 Å². The van der Waals surface area contributed by atoms with E-state index >= 15 is 0 Å². The Morgan fingerprint density at radius 2 is 2.24 bits per heavy atom. The van der Waals surface area contributed by atoms with Crippen molar-refractivity contribution in [3.05, 3.63) is 33.2 Å². The summed E-state index contributed by atoms with van der Waals surface area (Å²) >= 11 is 0. The number of anilines is 3. The molecule has 2 heterocycles. The van der Waals surface area contributed by atoms with Gasteiger partial charge in [0.25, 0.3) is 5.56 Å². The van der Waals surface area contributed by atoms with Crippen LogP contribution in [-0.4, -0.2) is 33.0 Å². The third-order valence-corrected chi connectivity index (χ3v) is 2.98. The Morgan fingerprint density at radius 1 is 1.48 bits per heavy atom. The Balaban J connectivity index is 2.29. The lowest BCUT2D eigenvalue weighted by atomic mass is 10.4. The molecule has 0 aliphatic rings. The van der Waals surface area contributed by atoms with Crippen LogP contribution in [0.25, 0.3) is 0 Å². The highest BCUT2D eigenvalue weighted by atomic mass is 16.5. The largest absolute Gasteiger partial charge is 0.383 e. The van der Waals surface area contributed by atoms with Gasteiger partial charge in [0, 0.05) is 19.9 Å². The maximum Gasteiger partial charge on any atom is 0.330 e. The van der Waals surface area contributed by atoms with E-state index in [0.29, 0.717) is 25.4 Å². The summed E-state index contributed by atoms with van der Waals surface area (Å²) in [5.74, 6) is 0.0934. The van der Waals surface area contributed by atoms with Crippen molar-refractivity contribution in [2.45, 2.75) is 20.0 Å². The van der Waals surface area contributed by atoms with Crippen LogP contribution in [-0.2, 0) is 17.8 Å². The molecule has 0 aliphatic heterocycles. The lowest BCUT2D eigenvalue weighted by Crippen LogP contribution is -2.33. The first-order chi connectivity index (χ1) is 10.1. The fraction of sp³-hybridized carbons (Fsp3) is 0.417. The molecule has 2 aromatic rings. The van der Waals surface area contributed by atoms with Gasteiger partial charge in [0.15, 0.2) is 0 Å². The van der Waals surface area contributed by atoms with E-state index in [1.165, 1.54) is 4.57 Å². The van der Waals surface area contributed by atoms with E-state index in [1.807, 2.05) is 0 Å². The van der Waals surface area contributed by atoms with Gasteiger partial charge in [-0.3, -0.25) is 19.0 Å². The number of aromatic amines is 1. The van der Waals surface area contributed by atoms with Crippen LogP contribution < -0.4 is 22.3 Å². The molecule has 9 heteroatoms. The summed E-state index contributed by atoms with van der Waals surface area (Å²) in [6.45, 7) is 3.26. The molecule has 0 saturated carbocycles. The Kier molecular flexibility index (Phi) is 4.43. The molecule has 9 nitrogen and oxygen atoms in total. The minimum atomic E-state index is -0.563. The first kappa shape index (κ1) is 14.9. The number of methoxy groups -OCH3 is 1. The maximum atomic E-state index is 11.9. The Morgan fingerprint density at radius 3 is 2.90 bits per heavy atom. The van der Waals surface area contributed by atoms with Crippen molar-refractivity contribution in [3.8, 4) is 0 Å². The zero-order valence-corrected chi connectivity index (χ0v) is 11.9.